The average molecular weight is 760 g/mol. The van der Waals surface area contributed by atoms with Crippen molar-refractivity contribution in [1.82, 2.24) is 0 Å². The second-order valence-corrected chi connectivity index (χ2v) is 18.9. The van der Waals surface area contributed by atoms with E-state index in [0.29, 0.717) is 11.3 Å². The van der Waals surface area contributed by atoms with Gasteiger partial charge in [0.05, 0.1) is 0 Å². The quantitative estimate of drug-likeness (QED) is 0.157. The summed E-state index contributed by atoms with van der Waals surface area (Å²) in [5, 5.41) is 0. The van der Waals surface area contributed by atoms with Crippen LogP contribution in [0.5, 0.6) is 0 Å². The van der Waals surface area contributed by atoms with E-state index in [2.05, 4.69) is 187 Å². The van der Waals surface area contributed by atoms with Crippen molar-refractivity contribution < 1.29 is 24.2 Å². The normalized spacial score (nSPS) is 18.3. The molecule has 0 saturated carbocycles. The van der Waals surface area contributed by atoms with Crippen molar-refractivity contribution in [3.8, 4) is 11.1 Å². The second kappa shape index (κ2) is 14.1. The Balaban J connectivity index is 0.000000148. The fourth-order valence-electron chi connectivity index (χ4n) is 8.53. The van der Waals surface area contributed by atoms with Crippen molar-refractivity contribution in [2.24, 2.45) is 11.3 Å². The molecule has 1 heteroatoms. The Hall–Kier alpha value is -3.41. The number of fused-ring (bicyclic) bond motifs is 5. The number of hydrogen-bond acceptors (Lipinski definition) is 0. The number of allylic oxidation sites excluding steroid dienone is 8. The van der Waals surface area contributed by atoms with Gasteiger partial charge in [0.15, 0.2) is 0 Å². The Morgan fingerprint density at radius 1 is 0.673 bits per heavy atom. The van der Waals surface area contributed by atoms with Crippen LogP contribution in [0, 0.1) is 37.3 Å². The van der Waals surface area contributed by atoms with E-state index in [4.69, 9.17) is 0 Å². The molecule has 1 atom stereocenters. The maximum atomic E-state index is 3.65. The van der Waals surface area contributed by atoms with Gasteiger partial charge in [0.25, 0.3) is 0 Å². The molecule has 0 heterocycles. The van der Waals surface area contributed by atoms with E-state index in [1.54, 1.807) is 0 Å². The average Bonchev–Trinajstić information content (AvgIpc) is 3.74. The standard InChI is InChI=1S/C25H25.C15H14.C11H17.Zr/c1-14-12-24(3,4)22-8-16-7-17-9-23-19(15(2)13-25(23,5)6)11-21(17)20(16)10-18(14)22;1-12-3-7-14(8-4-12)11-15-9-5-13(2)6-10-15;1-8-6-9(2)10(7-8)11(3,4)5;/h8-12H,7H2,1-6H3;3-10H,1-2H3;7-8H,1-5H3;/q-1;;-1;+2. The summed E-state index contributed by atoms with van der Waals surface area (Å²) >= 11 is 1.46. The van der Waals surface area contributed by atoms with Gasteiger partial charge in [0, 0.05) is 5.41 Å². The molecule has 0 spiro atoms. The molecule has 0 bridgehead atoms. The van der Waals surface area contributed by atoms with E-state index in [1.807, 2.05) is 0 Å². The van der Waals surface area contributed by atoms with Crippen LogP contribution in [0.15, 0.2) is 96.1 Å². The Morgan fingerprint density at radius 2 is 1.17 bits per heavy atom. The molecule has 0 aromatic heterocycles. The van der Waals surface area contributed by atoms with Crippen molar-refractivity contribution in [3.63, 3.8) is 0 Å². The van der Waals surface area contributed by atoms with Crippen molar-refractivity contribution in [1.29, 1.82) is 0 Å². The van der Waals surface area contributed by atoms with Crippen LogP contribution in [0.4, 0.5) is 0 Å². The molecule has 0 amide bonds. The zero-order chi connectivity index (χ0) is 37.9. The minimum absolute atomic E-state index is 0.0340. The summed E-state index contributed by atoms with van der Waals surface area (Å²) in [6.45, 7) is 29.0. The SMILES string of the molecule is CC1=[C-]C(C)(C)c2cc3c(cc21)-c1cc2c(cc1C3)C(C)(C)C=C2C.CC1=[C-]C(C)C=C1C(C)(C)C.Cc1ccc([C](=[Zr+2])c2ccc(C)cc2)cc1. The molecule has 52 heavy (non-hydrogen) atoms. The summed E-state index contributed by atoms with van der Waals surface area (Å²) in [5.74, 6) is 0.518. The predicted molar refractivity (Wildman–Crippen MR) is 221 cm³/mol. The maximum absolute atomic E-state index is 3.65. The van der Waals surface area contributed by atoms with E-state index in [9.17, 15) is 0 Å². The molecule has 4 aromatic carbocycles. The van der Waals surface area contributed by atoms with Gasteiger partial charge in [-0.25, -0.2) is 11.1 Å². The van der Waals surface area contributed by atoms with Crippen LogP contribution in [0.25, 0.3) is 22.3 Å². The summed E-state index contributed by atoms with van der Waals surface area (Å²) in [4.78, 5) is 0. The number of aryl methyl sites for hydroxylation is 2. The van der Waals surface area contributed by atoms with E-state index < -0.39 is 0 Å². The molecule has 4 aliphatic rings. The van der Waals surface area contributed by atoms with Crippen molar-refractivity contribution >= 4 is 14.4 Å². The molecule has 4 aromatic rings. The van der Waals surface area contributed by atoms with Gasteiger partial charge >= 0.3 is 112 Å². The van der Waals surface area contributed by atoms with Gasteiger partial charge < -0.3 is 0 Å². The fourth-order valence-corrected chi connectivity index (χ4v) is 9.35. The van der Waals surface area contributed by atoms with Crippen molar-refractivity contribution in [2.45, 2.75) is 107 Å². The first kappa shape index (κ1) is 38.3. The van der Waals surface area contributed by atoms with Gasteiger partial charge in [-0.15, -0.1) is 11.6 Å². The summed E-state index contributed by atoms with van der Waals surface area (Å²) < 4.78 is 1.42. The van der Waals surface area contributed by atoms with E-state index in [1.165, 1.54) is 116 Å². The first-order valence-electron chi connectivity index (χ1n) is 19.0. The third-order valence-electron chi connectivity index (χ3n) is 11.2. The van der Waals surface area contributed by atoms with Crippen LogP contribution < -0.4 is 0 Å². The zero-order valence-electron chi connectivity index (χ0n) is 33.9. The second-order valence-electron chi connectivity index (χ2n) is 17.7. The molecule has 8 rings (SSSR count). The first-order valence-corrected chi connectivity index (χ1v) is 20.2. The monoisotopic (exact) mass is 758 g/mol. The molecule has 0 aliphatic heterocycles. The Bertz CT molecular complexity index is 2050. The molecule has 264 valence electrons. The summed E-state index contributed by atoms with van der Waals surface area (Å²) in [5.41, 5.74) is 23.0. The van der Waals surface area contributed by atoms with Crippen LogP contribution in [0.2, 0.25) is 0 Å². The van der Waals surface area contributed by atoms with Crippen molar-refractivity contribution in [2.75, 3.05) is 0 Å². The Kier molecular flexibility index (Phi) is 10.4. The minimum atomic E-state index is 0.0340. The molecule has 1 unspecified atom stereocenters. The topological polar surface area (TPSA) is 0 Å². The predicted octanol–water partition coefficient (Wildman–Crippen LogP) is 13.2. The first-order chi connectivity index (χ1) is 24.2. The summed E-state index contributed by atoms with van der Waals surface area (Å²) in [6.07, 6.45) is 12.8. The molecule has 0 fully saturated rings. The van der Waals surface area contributed by atoms with Crippen molar-refractivity contribution in [3.05, 3.63) is 164 Å². The van der Waals surface area contributed by atoms with E-state index in [-0.39, 0.29) is 10.8 Å². The molecule has 0 radical (unpaired) electrons. The third kappa shape index (κ3) is 7.64. The van der Waals surface area contributed by atoms with Crippen LogP contribution in [-0.4, -0.2) is 3.21 Å². The van der Waals surface area contributed by atoms with Gasteiger partial charge in [-0.05, 0) is 58.4 Å². The molecule has 0 nitrogen and oxygen atoms in total. The van der Waals surface area contributed by atoms with Gasteiger partial charge in [-0.1, -0.05) is 104 Å². The fraction of sp³-hybridized carbons (Fsp3) is 0.353. The third-order valence-corrected chi connectivity index (χ3v) is 12.6. The van der Waals surface area contributed by atoms with Crippen LogP contribution in [-0.2, 0) is 41.5 Å². The summed E-state index contributed by atoms with van der Waals surface area (Å²) in [6, 6.07) is 27.3. The zero-order valence-corrected chi connectivity index (χ0v) is 36.3. The number of hydrogen-bond donors (Lipinski definition) is 0. The number of rotatable bonds is 2. The van der Waals surface area contributed by atoms with Gasteiger partial charge in [0.2, 0.25) is 0 Å². The Morgan fingerprint density at radius 3 is 1.63 bits per heavy atom. The molecular weight excluding hydrogens is 704 g/mol. The van der Waals surface area contributed by atoms with Crippen LogP contribution >= 0.6 is 0 Å². The van der Waals surface area contributed by atoms with E-state index in [0.717, 1.165) is 6.42 Å². The molecule has 0 N–H and O–H groups in total. The Labute approximate surface area is 330 Å². The summed E-state index contributed by atoms with van der Waals surface area (Å²) in [7, 11) is 0. The van der Waals surface area contributed by atoms with Gasteiger partial charge in [-0.3, -0.25) is 12.2 Å². The van der Waals surface area contributed by atoms with Crippen LogP contribution in [0.1, 0.15) is 132 Å². The van der Waals surface area contributed by atoms with Gasteiger partial charge in [-0.2, -0.15) is 17.2 Å². The number of benzene rings is 4. The van der Waals surface area contributed by atoms with Crippen LogP contribution in [0.3, 0.4) is 0 Å². The van der Waals surface area contributed by atoms with Gasteiger partial charge in [0.1, 0.15) is 0 Å². The molecule has 4 aliphatic carbocycles. The van der Waals surface area contributed by atoms with E-state index >= 15 is 0 Å². The molecular formula is C51H56Zr. The molecule has 0 saturated heterocycles.